The minimum Gasteiger partial charge on any atom is -0.385 e. The smallest absolute Gasteiger partial charge is 0.222 e. The van der Waals surface area contributed by atoms with Crippen LogP contribution in [0.25, 0.3) is 0 Å². The summed E-state index contributed by atoms with van der Waals surface area (Å²) >= 11 is 5.91. The molecule has 1 aromatic carbocycles. The molecule has 0 saturated carbocycles. The lowest BCUT2D eigenvalue weighted by Gasteiger charge is -2.10. The molecule has 0 aliphatic carbocycles. The maximum Gasteiger partial charge on any atom is 0.222 e. The quantitative estimate of drug-likeness (QED) is 0.832. The molecule has 4 nitrogen and oxygen atoms in total. The van der Waals surface area contributed by atoms with E-state index in [0.29, 0.717) is 23.6 Å². The summed E-state index contributed by atoms with van der Waals surface area (Å²) in [6, 6.07) is 7.20. The number of rotatable bonds is 5. The zero-order valence-corrected chi connectivity index (χ0v) is 11.3. The second-order valence-corrected chi connectivity index (χ2v) is 4.53. The van der Waals surface area contributed by atoms with Gasteiger partial charge in [0.15, 0.2) is 0 Å². The highest BCUT2D eigenvalue weighted by Gasteiger charge is 2.03. The van der Waals surface area contributed by atoms with Crippen molar-refractivity contribution >= 4 is 23.2 Å². The highest BCUT2D eigenvalue weighted by Crippen LogP contribution is 2.20. The SMILES string of the molecule is CN(C)C(=O)CCCNc1ccc(C#N)c(Cl)c1. The van der Waals surface area contributed by atoms with E-state index in [0.717, 1.165) is 12.1 Å². The van der Waals surface area contributed by atoms with Gasteiger partial charge in [-0.15, -0.1) is 0 Å². The van der Waals surface area contributed by atoms with E-state index in [2.05, 4.69) is 5.32 Å². The number of carbonyl (C=O) groups is 1. The second-order valence-electron chi connectivity index (χ2n) is 4.12. The van der Waals surface area contributed by atoms with Crippen molar-refractivity contribution in [3.63, 3.8) is 0 Å². The lowest BCUT2D eigenvalue weighted by atomic mass is 10.2. The Hall–Kier alpha value is -1.73. The van der Waals surface area contributed by atoms with Gasteiger partial charge in [0.2, 0.25) is 5.91 Å². The first-order valence-corrected chi connectivity index (χ1v) is 6.06. The summed E-state index contributed by atoms with van der Waals surface area (Å²) in [6.45, 7) is 0.696. The summed E-state index contributed by atoms with van der Waals surface area (Å²) in [7, 11) is 3.49. The average Bonchev–Trinajstić information content (AvgIpc) is 2.34. The van der Waals surface area contributed by atoms with E-state index in [4.69, 9.17) is 16.9 Å². The fourth-order valence-corrected chi connectivity index (χ4v) is 1.63. The summed E-state index contributed by atoms with van der Waals surface area (Å²) < 4.78 is 0. The first-order valence-electron chi connectivity index (χ1n) is 5.68. The van der Waals surface area contributed by atoms with Gasteiger partial charge < -0.3 is 10.2 Å². The zero-order chi connectivity index (χ0) is 13.5. The zero-order valence-electron chi connectivity index (χ0n) is 10.5. The first kappa shape index (κ1) is 14.3. The van der Waals surface area contributed by atoms with Gasteiger partial charge in [-0.1, -0.05) is 11.6 Å². The van der Waals surface area contributed by atoms with Crippen molar-refractivity contribution in [2.75, 3.05) is 26.0 Å². The van der Waals surface area contributed by atoms with Gasteiger partial charge in [0, 0.05) is 32.7 Å². The van der Waals surface area contributed by atoms with E-state index in [-0.39, 0.29) is 5.91 Å². The third-order valence-electron chi connectivity index (χ3n) is 2.48. The predicted molar refractivity (Wildman–Crippen MR) is 72.6 cm³/mol. The molecule has 0 aliphatic rings. The molecule has 5 heteroatoms. The second kappa shape index (κ2) is 6.87. The molecule has 0 saturated heterocycles. The highest BCUT2D eigenvalue weighted by atomic mass is 35.5. The number of anilines is 1. The Morgan fingerprint density at radius 2 is 2.22 bits per heavy atom. The maximum absolute atomic E-state index is 11.3. The van der Waals surface area contributed by atoms with Crippen molar-refractivity contribution in [1.82, 2.24) is 4.90 Å². The predicted octanol–water partition coefficient (Wildman–Crippen LogP) is 2.49. The summed E-state index contributed by atoms with van der Waals surface area (Å²) in [5, 5.41) is 12.3. The number of carbonyl (C=O) groups excluding carboxylic acids is 1. The van der Waals surface area contributed by atoms with Crippen LogP contribution in [0.5, 0.6) is 0 Å². The Kier molecular flexibility index (Phi) is 5.47. The van der Waals surface area contributed by atoms with Gasteiger partial charge in [0.05, 0.1) is 10.6 Å². The van der Waals surface area contributed by atoms with E-state index < -0.39 is 0 Å². The first-order chi connectivity index (χ1) is 8.54. The van der Waals surface area contributed by atoms with E-state index in [1.807, 2.05) is 6.07 Å². The number of benzene rings is 1. The molecule has 1 N–H and O–H groups in total. The van der Waals surface area contributed by atoms with Crippen LogP contribution >= 0.6 is 11.6 Å². The minimum atomic E-state index is 0.120. The number of hydrogen-bond acceptors (Lipinski definition) is 3. The van der Waals surface area contributed by atoms with Gasteiger partial charge in [-0.05, 0) is 24.6 Å². The molecule has 96 valence electrons. The van der Waals surface area contributed by atoms with Gasteiger partial charge in [-0.3, -0.25) is 4.79 Å². The molecule has 18 heavy (non-hydrogen) atoms. The normalized spacial score (nSPS) is 9.67. The number of nitriles is 1. The number of nitrogens with zero attached hydrogens (tertiary/aromatic N) is 2. The molecule has 1 aromatic rings. The standard InChI is InChI=1S/C13H16ClN3O/c1-17(2)13(18)4-3-7-16-11-6-5-10(9-15)12(14)8-11/h5-6,8,16H,3-4,7H2,1-2H3. The van der Waals surface area contributed by atoms with Crippen LogP contribution in [-0.2, 0) is 4.79 Å². The third kappa shape index (κ3) is 4.27. The van der Waals surface area contributed by atoms with Gasteiger partial charge >= 0.3 is 0 Å². The van der Waals surface area contributed by atoms with Gasteiger partial charge in [-0.2, -0.15) is 5.26 Å². The third-order valence-corrected chi connectivity index (χ3v) is 2.80. The van der Waals surface area contributed by atoms with Crippen molar-refractivity contribution in [3.05, 3.63) is 28.8 Å². The molecule has 0 radical (unpaired) electrons. The van der Waals surface area contributed by atoms with Crippen LogP contribution < -0.4 is 5.32 Å². The Balaban J connectivity index is 2.39. The molecule has 0 unspecified atom stereocenters. The average molecular weight is 266 g/mol. The molecular formula is C13H16ClN3O. The van der Waals surface area contributed by atoms with Crippen molar-refractivity contribution in [3.8, 4) is 6.07 Å². The molecule has 0 aromatic heterocycles. The van der Waals surface area contributed by atoms with Crippen molar-refractivity contribution in [2.45, 2.75) is 12.8 Å². The fourth-order valence-electron chi connectivity index (χ4n) is 1.41. The Morgan fingerprint density at radius 1 is 1.50 bits per heavy atom. The van der Waals surface area contributed by atoms with Gasteiger partial charge in [-0.25, -0.2) is 0 Å². The monoisotopic (exact) mass is 265 g/mol. The molecule has 1 rings (SSSR count). The van der Waals surface area contributed by atoms with Crippen molar-refractivity contribution < 1.29 is 4.79 Å². The van der Waals surface area contributed by atoms with Gasteiger partial charge in [0.1, 0.15) is 6.07 Å². The summed E-state index contributed by atoms with van der Waals surface area (Å²) in [6.07, 6.45) is 1.28. The highest BCUT2D eigenvalue weighted by molar-refractivity contribution is 6.32. The van der Waals surface area contributed by atoms with E-state index in [9.17, 15) is 4.79 Å². The fraction of sp³-hybridized carbons (Fsp3) is 0.385. The molecule has 1 amide bonds. The molecular weight excluding hydrogens is 250 g/mol. The topological polar surface area (TPSA) is 56.1 Å². The van der Waals surface area contributed by atoms with Crippen LogP contribution in [0, 0.1) is 11.3 Å². The Bertz CT molecular complexity index is 466. The van der Waals surface area contributed by atoms with E-state index in [1.54, 1.807) is 37.2 Å². The van der Waals surface area contributed by atoms with Crippen molar-refractivity contribution in [1.29, 1.82) is 5.26 Å². The lowest BCUT2D eigenvalue weighted by molar-refractivity contribution is -0.128. The van der Waals surface area contributed by atoms with Gasteiger partial charge in [0.25, 0.3) is 0 Å². The van der Waals surface area contributed by atoms with Crippen molar-refractivity contribution in [2.24, 2.45) is 0 Å². The Morgan fingerprint density at radius 3 is 2.78 bits per heavy atom. The maximum atomic E-state index is 11.3. The van der Waals surface area contributed by atoms with Crippen LogP contribution in [-0.4, -0.2) is 31.4 Å². The summed E-state index contributed by atoms with van der Waals surface area (Å²) in [4.78, 5) is 12.9. The molecule has 0 spiro atoms. The largest absolute Gasteiger partial charge is 0.385 e. The van der Waals surface area contributed by atoms with Crippen LogP contribution in [0.4, 0.5) is 5.69 Å². The molecule has 0 heterocycles. The number of halogens is 1. The minimum absolute atomic E-state index is 0.120. The lowest BCUT2D eigenvalue weighted by Crippen LogP contribution is -2.22. The van der Waals surface area contributed by atoms with Crippen LogP contribution in [0.3, 0.4) is 0 Å². The molecule has 0 fully saturated rings. The summed E-state index contributed by atoms with van der Waals surface area (Å²) in [5.41, 5.74) is 1.32. The molecule has 0 atom stereocenters. The molecule has 0 bridgehead atoms. The van der Waals surface area contributed by atoms with E-state index >= 15 is 0 Å². The molecule has 0 aliphatic heterocycles. The van der Waals surface area contributed by atoms with E-state index in [1.165, 1.54) is 0 Å². The number of nitrogens with one attached hydrogen (secondary N) is 1. The number of amides is 1. The number of hydrogen-bond donors (Lipinski definition) is 1. The van der Waals surface area contributed by atoms with Crippen LogP contribution in [0.1, 0.15) is 18.4 Å². The Labute approximate surface area is 112 Å². The van der Waals surface area contributed by atoms with Crippen LogP contribution in [0.15, 0.2) is 18.2 Å². The van der Waals surface area contributed by atoms with Crippen LogP contribution in [0.2, 0.25) is 5.02 Å². The summed E-state index contributed by atoms with van der Waals surface area (Å²) in [5.74, 6) is 0.120.